The number of nitrogens with zero attached hydrogens (tertiary/aromatic N) is 2. The molecule has 0 saturated heterocycles. The molecule has 4 nitrogen and oxygen atoms in total. The maximum atomic E-state index is 11.9. The zero-order valence-electron chi connectivity index (χ0n) is 10.9. The van der Waals surface area contributed by atoms with Crippen molar-refractivity contribution >= 4 is 11.6 Å². The molecule has 0 spiro atoms. The fourth-order valence-electron chi connectivity index (χ4n) is 1.78. The monoisotopic (exact) mass is 243 g/mol. The van der Waals surface area contributed by atoms with Gasteiger partial charge in [-0.1, -0.05) is 12.1 Å². The molecule has 0 saturated carbocycles. The van der Waals surface area contributed by atoms with Crippen LogP contribution < -0.4 is 5.32 Å². The molecular weight excluding hydrogens is 226 g/mol. The Bertz CT molecular complexity index is 572. The highest BCUT2D eigenvalue weighted by atomic mass is 16.2. The lowest BCUT2D eigenvalue weighted by molar-refractivity contribution is -0.116. The van der Waals surface area contributed by atoms with Gasteiger partial charge in [0.15, 0.2) is 0 Å². The molecule has 1 aromatic heterocycles. The van der Waals surface area contributed by atoms with Crippen molar-refractivity contribution in [2.75, 3.05) is 5.32 Å². The van der Waals surface area contributed by atoms with Crippen molar-refractivity contribution in [3.8, 4) is 0 Å². The third kappa shape index (κ3) is 2.77. The number of aromatic nitrogens is 2. The van der Waals surface area contributed by atoms with Crippen molar-refractivity contribution in [2.24, 2.45) is 0 Å². The van der Waals surface area contributed by atoms with Crippen LogP contribution in [0.2, 0.25) is 0 Å². The van der Waals surface area contributed by atoms with Crippen LogP contribution in [-0.4, -0.2) is 15.7 Å². The summed E-state index contributed by atoms with van der Waals surface area (Å²) >= 11 is 0. The Morgan fingerprint density at radius 1 is 1.33 bits per heavy atom. The Morgan fingerprint density at radius 3 is 2.78 bits per heavy atom. The molecule has 1 amide bonds. The predicted octanol–water partition coefficient (Wildman–Crippen LogP) is 2.45. The van der Waals surface area contributed by atoms with Gasteiger partial charge in [-0.25, -0.2) is 0 Å². The van der Waals surface area contributed by atoms with E-state index in [1.807, 2.05) is 45.2 Å². The summed E-state index contributed by atoms with van der Waals surface area (Å²) in [6.07, 6.45) is 3.59. The van der Waals surface area contributed by atoms with Gasteiger partial charge < -0.3 is 5.32 Å². The van der Waals surface area contributed by atoms with Crippen molar-refractivity contribution in [2.45, 2.75) is 27.3 Å². The lowest BCUT2D eigenvalue weighted by Crippen LogP contribution is -2.19. The van der Waals surface area contributed by atoms with Gasteiger partial charge in [0, 0.05) is 11.9 Å². The molecule has 0 radical (unpaired) electrons. The SMILES string of the molecule is Cc1cnn(CC(=O)Nc2cccc(C)c2C)c1. The normalized spacial score (nSPS) is 10.4. The second-order valence-corrected chi connectivity index (χ2v) is 4.51. The van der Waals surface area contributed by atoms with E-state index in [9.17, 15) is 4.79 Å². The number of benzene rings is 1. The molecule has 0 atom stereocenters. The van der Waals surface area contributed by atoms with E-state index in [1.54, 1.807) is 10.9 Å². The third-order valence-electron chi connectivity index (χ3n) is 2.95. The van der Waals surface area contributed by atoms with Crippen molar-refractivity contribution in [3.63, 3.8) is 0 Å². The molecule has 2 aromatic rings. The van der Waals surface area contributed by atoms with Gasteiger partial charge in [0.2, 0.25) is 5.91 Å². The minimum absolute atomic E-state index is 0.0631. The van der Waals surface area contributed by atoms with Crippen LogP contribution in [0.5, 0.6) is 0 Å². The van der Waals surface area contributed by atoms with E-state index < -0.39 is 0 Å². The highest BCUT2D eigenvalue weighted by molar-refractivity contribution is 5.91. The van der Waals surface area contributed by atoms with Crippen LogP contribution in [0.4, 0.5) is 5.69 Å². The Morgan fingerprint density at radius 2 is 2.11 bits per heavy atom. The van der Waals surface area contributed by atoms with Gasteiger partial charge in [-0.2, -0.15) is 5.10 Å². The molecule has 94 valence electrons. The van der Waals surface area contributed by atoms with E-state index in [0.29, 0.717) is 0 Å². The zero-order valence-corrected chi connectivity index (χ0v) is 10.9. The molecule has 0 bridgehead atoms. The number of hydrogen-bond acceptors (Lipinski definition) is 2. The maximum absolute atomic E-state index is 11.9. The van der Waals surface area contributed by atoms with Crippen LogP contribution in [0, 0.1) is 20.8 Å². The van der Waals surface area contributed by atoms with E-state index in [2.05, 4.69) is 10.4 Å². The molecule has 2 rings (SSSR count). The van der Waals surface area contributed by atoms with E-state index in [1.165, 1.54) is 5.56 Å². The number of anilines is 1. The molecule has 0 fully saturated rings. The van der Waals surface area contributed by atoms with Crippen LogP contribution in [0.25, 0.3) is 0 Å². The minimum Gasteiger partial charge on any atom is -0.324 e. The number of carbonyl (C=O) groups is 1. The van der Waals surface area contributed by atoms with Crippen LogP contribution >= 0.6 is 0 Å². The first-order valence-electron chi connectivity index (χ1n) is 5.91. The number of carbonyl (C=O) groups excluding carboxylic acids is 1. The van der Waals surface area contributed by atoms with Gasteiger partial charge in [0.1, 0.15) is 6.54 Å². The predicted molar refractivity (Wildman–Crippen MR) is 71.5 cm³/mol. The highest BCUT2D eigenvalue weighted by Gasteiger charge is 2.07. The van der Waals surface area contributed by atoms with Crippen LogP contribution in [0.15, 0.2) is 30.6 Å². The average Bonchev–Trinajstić information content (AvgIpc) is 2.70. The average molecular weight is 243 g/mol. The lowest BCUT2D eigenvalue weighted by Gasteiger charge is -2.10. The fraction of sp³-hybridized carbons (Fsp3) is 0.286. The smallest absolute Gasteiger partial charge is 0.246 e. The van der Waals surface area contributed by atoms with Crippen LogP contribution in [0.1, 0.15) is 16.7 Å². The summed E-state index contributed by atoms with van der Waals surface area (Å²) in [4.78, 5) is 11.9. The Labute approximate surface area is 107 Å². The molecule has 4 heteroatoms. The van der Waals surface area contributed by atoms with Crippen LogP contribution in [0.3, 0.4) is 0 Å². The Hall–Kier alpha value is -2.10. The first-order chi connectivity index (χ1) is 8.56. The van der Waals surface area contributed by atoms with Gasteiger partial charge in [0.05, 0.1) is 6.20 Å². The van der Waals surface area contributed by atoms with Crippen molar-refractivity contribution in [3.05, 3.63) is 47.3 Å². The standard InChI is InChI=1S/C14H17N3O/c1-10-7-15-17(8-10)9-14(18)16-13-6-4-5-11(2)12(13)3/h4-8H,9H2,1-3H3,(H,16,18). The molecule has 18 heavy (non-hydrogen) atoms. The number of nitrogens with one attached hydrogen (secondary N) is 1. The summed E-state index contributed by atoms with van der Waals surface area (Å²) in [7, 11) is 0. The molecule has 0 aliphatic carbocycles. The highest BCUT2D eigenvalue weighted by Crippen LogP contribution is 2.17. The van der Waals surface area contributed by atoms with Crippen molar-refractivity contribution < 1.29 is 4.79 Å². The third-order valence-corrected chi connectivity index (χ3v) is 2.95. The molecule has 0 aliphatic rings. The second kappa shape index (κ2) is 5.04. The van der Waals surface area contributed by atoms with Gasteiger partial charge >= 0.3 is 0 Å². The number of amides is 1. The number of rotatable bonds is 3. The van der Waals surface area contributed by atoms with E-state index in [4.69, 9.17) is 0 Å². The second-order valence-electron chi connectivity index (χ2n) is 4.51. The minimum atomic E-state index is -0.0631. The summed E-state index contributed by atoms with van der Waals surface area (Å²) < 4.78 is 1.63. The fourth-order valence-corrected chi connectivity index (χ4v) is 1.78. The number of aryl methyl sites for hydroxylation is 2. The molecule has 1 aromatic carbocycles. The molecule has 0 aliphatic heterocycles. The van der Waals surface area contributed by atoms with Gasteiger partial charge in [-0.15, -0.1) is 0 Å². The first kappa shape index (κ1) is 12.4. The summed E-state index contributed by atoms with van der Waals surface area (Å²) in [6, 6.07) is 5.88. The van der Waals surface area contributed by atoms with Crippen molar-refractivity contribution in [1.82, 2.24) is 9.78 Å². The molecular formula is C14H17N3O. The molecule has 1 N–H and O–H groups in total. The van der Waals surface area contributed by atoms with E-state index in [-0.39, 0.29) is 12.5 Å². The van der Waals surface area contributed by atoms with Gasteiger partial charge in [-0.3, -0.25) is 9.48 Å². The van der Waals surface area contributed by atoms with Gasteiger partial charge in [-0.05, 0) is 43.5 Å². The maximum Gasteiger partial charge on any atom is 0.246 e. The summed E-state index contributed by atoms with van der Waals surface area (Å²) in [5.41, 5.74) is 4.18. The lowest BCUT2D eigenvalue weighted by atomic mass is 10.1. The van der Waals surface area contributed by atoms with E-state index >= 15 is 0 Å². The van der Waals surface area contributed by atoms with E-state index in [0.717, 1.165) is 16.8 Å². The van der Waals surface area contributed by atoms with Crippen molar-refractivity contribution in [1.29, 1.82) is 0 Å². The molecule has 0 unspecified atom stereocenters. The number of hydrogen-bond donors (Lipinski definition) is 1. The molecule has 1 heterocycles. The zero-order chi connectivity index (χ0) is 13.1. The Balaban J connectivity index is 2.05. The van der Waals surface area contributed by atoms with Crippen LogP contribution in [-0.2, 0) is 11.3 Å². The summed E-state index contributed by atoms with van der Waals surface area (Å²) in [6.45, 7) is 6.22. The quantitative estimate of drug-likeness (QED) is 0.900. The Kier molecular flexibility index (Phi) is 3.46. The summed E-state index contributed by atoms with van der Waals surface area (Å²) in [5.74, 6) is -0.0631. The first-order valence-corrected chi connectivity index (χ1v) is 5.91. The largest absolute Gasteiger partial charge is 0.324 e. The van der Waals surface area contributed by atoms with Gasteiger partial charge in [0.25, 0.3) is 0 Å². The summed E-state index contributed by atoms with van der Waals surface area (Å²) in [5, 5.41) is 7.00. The topological polar surface area (TPSA) is 46.9 Å².